The Bertz CT molecular complexity index is 989. The van der Waals surface area contributed by atoms with Gasteiger partial charge in [-0.1, -0.05) is 16.8 Å². The summed E-state index contributed by atoms with van der Waals surface area (Å²) in [7, 11) is 0. The maximum atomic E-state index is 12.2. The Morgan fingerprint density at radius 1 is 1.21 bits per heavy atom. The Morgan fingerprint density at radius 2 is 2.00 bits per heavy atom. The zero-order chi connectivity index (χ0) is 21.0. The standard InChI is InChI=1S/C18H14ClF3N4O3/c1-10-13(16(26-29-10)14-4-3-12(19)7-23-14)8-28-15-5-2-11(6-24-15)17(27)25-9-18(20,21)22/h2-7H,8-9H2,1H3,(H,25,27). The molecule has 0 aliphatic heterocycles. The van der Waals surface area contributed by atoms with Gasteiger partial charge in [0.05, 0.1) is 21.8 Å². The smallest absolute Gasteiger partial charge is 0.405 e. The minimum absolute atomic E-state index is 0.0196. The van der Waals surface area contributed by atoms with E-state index in [-0.39, 0.29) is 18.1 Å². The summed E-state index contributed by atoms with van der Waals surface area (Å²) < 4.78 is 47.3. The zero-order valence-electron chi connectivity index (χ0n) is 15.0. The van der Waals surface area contributed by atoms with E-state index in [2.05, 4.69) is 15.1 Å². The van der Waals surface area contributed by atoms with Crippen LogP contribution in [0.3, 0.4) is 0 Å². The summed E-state index contributed by atoms with van der Waals surface area (Å²) in [6.07, 6.45) is -1.88. The summed E-state index contributed by atoms with van der Waals surface area (Å²) in [6.45, 7) is 0.354. The van der Waals surface area contributed by atoms with Gasteiger partial charge in [-0.25, -0.2) is 4.98 Å². The number of aromatic nitrogens is 3. The van der Waals surface area contributed by atoms with E-state index in [0.717, 1.165) is 6.20 Å². The second kappa shape index (κ2) is 8.48. The van der Waals surface area contributed by atoms with Crippen LogP contribution in [-0.2, 0) is 6.61 Å². The first kappa shape index (κ1) is 20.6. The Labute approximate surface area is 167 Å². The summed E-state index contributed by atoms with van der Waals surface area (Å²) in [5.74, 6) is -0.180. The van der Waals surface area contributed by atoms with Gasteiger partial charge in [0, 0.05) is 18.5 Å². The molecule has 11 heteroatoms. The van der Waals surface area contributed by atoms with Crippen molar-refractivity contribution in [2.24, 2.45) is 0 Å². The van der Waals surface area contributed by atoms with E-state index in [1.165, 1.54) is 18.3 Å². The highest BCUT2D eigenvalue weighted by Crippen LogP contribution is 2.25. The normalized spacial score (nSPS) is 11.3. The minimum atomic E-state index is -4.49. The third-order valence-electron chi connectivity index (χ3n) is 3.77. The van der Waals surface area contributed by atoms with Crippen molar-refractivity contribution < 1.29 is 27.2 Å². The van der Waals surface area contributed by atoms with Gasteiger partial charge >= 0.3 is 6.18 Å². The van der Waals surface area contributed by atoms with Crippen LogP contribution in [0.5, 0.6) is 5.88 Å². The molecule has 0 saturated carbocycles. The molecule has 152 valence electrons. The summed E-state index contributed by atoms with van der Waals surface area (Å²) in [4.78, 5) is 19.8. The summed E-state index contributed by atoms with van der Waals surface area (Å²) in [5, 5.41) is 6.23. The van der Waals surface area contributed by atoms with Gasteiger partial charge in [0.1, 0.15) is 24.6 Å². The van der Waals surface area contributed by atoms with Gasteiger partial charge in [-0.2, -0.15) is 13.2 Å². The Morgan fingerprint density at radius 3 is 2.62 bits per heavy atom. The molecule has 0 fully saturated rings. The predicted octanol–water partition coefficient (Wildman–Crippen LogP) is 3.96. The van der Waals surface area contributed by atoms with Crippen LogP contribution >= 0.6 is 11.6 Å². The molecule has 29 heavy (non-hydrogen) atoms. The fraction of sp³-hybridized carbons (Fsp3) is 0.222. The van der Waals surface area contributed by atoms with E-state index in [1.807, 2.05) is 0 Å². The molecule has 3 aromatic heterocycles. The SMILES string of the molecule is Cc1onc(-c2ccc(Cl)cn2)c1COc1ccc(C(=O)NCC(F)(F)F)cn1. The lowest BCUT2D eigenvalue weighted by atomic mass is 10.1. The highest BCUT2D eigenvalue weighted by molar-refractivity contribution is 6.30. The number of aryl methyl sites for hydroxylation is 1. The maximum Gasteiger partial charge on any atom is 0.405 e. The number of carbonyl (C=O) groups is 1. The number of ether oxygens (including phenoxy) is 1. The summed E-state index contributed by atoms with van der Waals surface area (Å²) in [5.41, 5.74) is 1.67. The summed E-state index contributed by atoms with van der Waals surface area (Å²) >= 11 is 5.84. The lowest BCUT2D eigenvalue weighted by molar-refractivity contribution is -0.123. The average Bonchev–Trinajstić information content (AvgIpc) is 3.05. The van der Waals surface area contributed by atoms with Gasteiger partial charge < -0.3 is 14.6 Å². The summed E-state index contributed by atoms with van der Waals surface area (Å²) in [6, 6.07) is 6.06. The van der Waals surface area contributed by atoms with Crippen LogP contribution < -0.4 is 10.1 Å². The lowest BCUT2D eigenvalue weighted by Gasteiger charge is -2.09. The fourth-order valence-corrected chi connectivity index (χ4v) is 2.42. The van der Waals surface area contributed by atoms with Crippen LogP contribution in [0.4, 0.5) is 13.2 Å². The van der Waals surface area contributed by atoms with Gasteiger partial charge in [0.15, 0.2) is 0 Å². The largest absolute Gasteiger partial charge is 0.473 e. The Kier molecular flexibility index (Phi) is 6.02. The molecule has 3 aromatic rings. The molecule has 0 aliphatic rings. The number of pyridine rings is 2. The number of amides is 1. The fourth-order valence-electron chi connectivity index (χ4n) is 2.31. The Balaban J connectivity index is 1.66. The quantitative estimate of drug-likeness (QED) is 0.641. The second-order valence-corrected chi connectivity index (χ2v) is 6.34. The predicted molar refractivity (Wildman–Crippen MR) is 96.4 cm³/mol. The van der Waals surface area contributed by atoms with Gasteiger partial charge in [-0.3, -0.25) is 9.78 Å². The molecular weight excluding hydrogens is 413 g/mol. The second-order valence-electron chi connectivity index (χ2n) is 5.90. The third kappa shape index (κ3) is 5.44. The molecule has 1 amide bonds. The third-order valence-corrected chi connectivity index (χ3v) is 3.99. The van der Waals surface area contributed by atoms with Crippen molar-refractivity contribution in [3.63, 3.8) is 0 Å². The molecule has 0 bridgehead atoms. The lowest BCUT2D eigenvalue weighted by Crippen LogP contribution is -2.33. The van der Waals surface area contributed by atoms with Crippen molar-refractivity contribution in [2.45, 2.75) is 19.7 Å². The van der Waals surface area contributed by atoms with E-state index in [1.54, 1.807) is 24.4 Å². The van der Waals surface area contributed by atoms with E-state index in [0.29, 0.717) is 27.7 Å². The average molecular weight is 427 g/mol. The van der Waals surface area contributed by atoms with Crippen molar-refractivity contribution in [2.75, 3.05) is 6.54 Å². The Hall–Kier alpha value is -3.14. The molecule has 0 radical (unpaired) electrons. The first-order chi connectivity index (χ1) is 13.7. The number of carbonyl (C=O) groups excluding carboxylic acids is 1. The maximum absolute atomic E-state index is 12.2. The highest BCUT2D eigenvalue weighted by atomic mass is 35.5. The van der Waals surface area contributed by atoms with Crippen molar-refractivity contribution in [1.29, 1.82) is 0 Å². The topological polar surface area (TPSA) is 90.1 Å². The number of rotatable bonds is 6. The van der Waals surface area contributed by atoms with Crippen LogP contribution in [0.2, 0.25) is 5.02 Å². The van der Waals surface area contributed by atoms with E-state index in [9.17, 15) is 18.0 Å². The first-order valence-electron chi connectivity index (χ1n) is 8.24. The van der Waals surface area contributed by atoms with Crippen LogP contribution in [0.1, 0.15) is 21.7 Å². The van der Waals surface area contributed by atoms with Crippen LogP contribution in [0, 0.1) is 6.92 Å². The van der Waals surface area contributed by atoms with Crippen LogP contribution in [-0.4, -0.2) is 33.8 Å². The molecule has 3 heterocycles. The number of halogens is 4. The number of hydrogen-bond donors (Lipinski definition) is 1. The van der Waals surface area contributed by atoms with Crippen molar-refractivity contribution >= 4 is 17.5 Å². The number of nitrogens with one attached hydrogen (secondary N) is 1. The number of nitrogens with zero attached hydrogens (tertiary/aromatic N) is 3. The molecule has 7 nitrogen and oxygen atoms in total. The van der Waals surface area contributed by atoms with Crippen molar-refractivity contribution in [3.8, 4) is 17.3 Å². The molecule has 0 atom stereocenters. The highest BCUT2D eigenvalue weighted by Gasteiger charge is 2.28. The molecule has 1 N–H and O–H groups in total. The first-order valence-corrected chi connectivity index (χ1v) is 8.61. The molecule has 0 aromatic carbocycles. The number of alkyl halides is 3. The van der Waals surface area contributed by atoms with E-state index < -0.39 is 18.6 Å². The number of hydrogen-bond acceptors (Lipinski definition) is 6. The van der Waals surface area contributed by atoms with E-state index >= 15 is 0 Å². The van der Waals surface area contributed by atoms with Gasteiger partial charge in [0.25, 0.3) is 5.91 Å². The minimum Gasteiger partial charge on any atom is -0.473 e. The van der Waals surface area contributed by atoms with Gasteiger partial charge in [-0.05, 0) is 25.1 Å². The molecule has 3 rings (SSSR count). The zero-order valence-corrected chi connectivity index (χ0v) is 15.7. The molecule has 0 aliphatic carbocycles. The van der Waals surface area contributed by atoms with Crippen LogP contribution in [0.15, 0.2) is 41.2 Å². The molecular formula is C18H14ClF3N4O3. The molecule has 0 unspecified atom stereocenters. The molecule has 0 saturated heterocycles. The van der Waals surface area contributed by atoms with Crippen LogP contribution in [0.25, 0.3) is 11.4 Å². The van der Waals surface area contributed by atoms with E-state index in [4.69, 9.17) is 20.9 Å². The molecule has 0 spiro atoms. The van der Waals surface area contributed by atoms with Gasteiger partial charge in [0.2, 0.25) is 5.88 Å². The monoisotopic (exact) mass is 426 g/mol. The van der Waals surface area contributed by atoms with Gasteiger partial charge in [-0.15, -0.1) is 0 Å². The van der Waals surface area contributed by atoms with Crippen molar-refractivity contribution in [1.82, 2.24) is 20.4 Å². The van der Waals surface area contributed by atoms with Crippen molar-refractivity contribution in [3.05, 3.63) is 58.6 Å².